The fraction of sp³-hybridized carbons (Fsp3) is 0.538. The van der Waals surface area contributed by atoms with Crippen molar-refractivity contribution in [3.63, 3.8) is 0 Å². The predicted molar refractivity (Wildman–Crippen MR) is 131 cm³/mol. The van der Waals surface area contributed by atoms with Crippen LogP contribution in [0.2, 0.25) is 18.1 Å². The molecule has 0 N–H and O–H groups in total. The summed E-state index contributed by atoms with van der Waals surface area (Å²) in [7, 11) is -2.23. The number of carbonyl (C=O) groups excluding carboxylic acids is 4. The number of β-lactam (4-membered cyclic amide) rings is 1. The standard InChI is InChI=1S/C26H35NO6Si/c1-8-15-32-25(31)24(30)27-21(19-14-13-17-11-9-10-12-18(17)22(19)28)20(23(27)29)16(2)33-34(6,7)26(3,4)5/h8-12,16,19-21H,1,13-15H2,2-7H3/t16-,19+,20-,21-/m1/s1. The van der Waals surface area contributed by atoms with E-state index in [2.05, 4.69) is 40.4 Å². The highest BCUT2D eigenvalue weighted by Gasteiger charge is 2.60. The molecule has 1 aliphatic heterocycles. The number of aryl methyl sites for hydroxylation is 1. The first kappa shape index (κ1) is 26.0. The molecule has 0 aromatic heterocycles. The average molecular weight is 486 g/mol. The minimum atomic E-state index is -2.23. The van der Waals surface area contributed by atoms with E-state index in [0.29, 0.717) is 18.4 Å². The second kappa shape index (κ2) is 9.58. The lowest BCUT2D eigenvalue weighted by Gasteiger charge is -2.52. The summed E-state index contributed by atoms with van der Waals surface area (Å²) in [4.78, 5) is 52.9. The van der Waals surface area contributed by atoms with Crippen LogP contribution in [0.15, 0.2) is 36.9 Å². The fourth-order valence-corrected chi connectivity index (χ4v) is 6.06. The van der Waals surface area contributed by atoms with Gasteiger partial charge in [-0.25, -0.2) is 4.79 Å². The van der Waals surface area contributed by atoms with Gasteiger partial charge in [0.1, 0.15) is 6.61 Å². The van der Waals surface area contributed by atoms with Crippen molar-refractivity contribution in [1.82, 2.24) is 4.90 Å². The van der Waals surface area contributed by atoms with Crippen molar-refractivity contribution in [2.24, 2.45) is 11.8 Å². The Hall–Kier alpha value is -2.58. The van der Waals surface area contributed by atoms with Crippen LogP contribution in [0.3, 0.4) is 0 Å². The van der Waals surface area contributed by atoms with E-state index in [9.17, 15) is 19.2 Å². The Morgan fingerprint density at radius 2 is 1.88 bits per heavy atom. The Bertz CT molecular complexity index is 1010. The Morgan fingerprint density at radius 3 is 2.50 bits per heavy atom. The highest BCUT2D eigenvalue weighted by Crippen LogP contribution is 2.44. The van der Waals surface area contributed by atoms with Crippen LogP contribution in [-0.4, -0.2) is 55.5 Å². The quantitative estimate of drug-likeness (QED) is 0.199. The Labute approximate surface area is 202 Å². The van der Waals surface area contributed by atoms with Crippen molar-refractivity contribution in [2.45, 2.75) is 70.8 Å². The molecule has 2 aliphatic rings. The molecule has 7 nitrogen and oxygen atoms in total. The van der Waals surface area contributed by atoms with Gasteiger partial charge in [-0.05, 0) is 43.5 Å². The van der Waals surface area contributed by atoms with E-state index in [0.717, 1.165) is 10.5 Å². The number of hydrogen-bond acceptors (Lipinski definition) is 6. The number of likely N-dealkylation sites (tertiary alicyclic amines) is 1. The first-order valence-corrected chi connectivity index (χ1v) is 14.7. The number of carbonyl (C=O) groups is 4. The van der Waals surface area contributed by atoms with E-state index in [1.807, 2.05) is 19.1 Å². The minimum absolute atomic E-state index is 0.0762. The number of esters is 1. The molecule has 1 aromatic rings. The van der Waals surface area contributed by atoms with Gasteiger partial charge in [-0.3, -0.25) is 19.3 Å². The van der Waals surface area contributed by atoms with Gasteiger partial charge < -0.3 is 9.16 Å². The third-order valence-corrected chi connectivity index (χ3v) is 12.0. The predicted octanol–water partition coefficient (Wildman–Crippen LogP) is 3.92. The molecular formula is C26H35NO6Si. The SMILES string of the molecule is C=CCOC(=O)C(=O)N1C(=O)[C@H]([C@@H](C)O[Si](C)(C)C(C)(C)C)[C@H]1[C@@H]1CCc2ccccc2C1=O. The highest BCUT2D eigenvalue weighted by atomic mass is 28.4. The van der Waals surface area contributed by atoms with Gasteiger partial charge in [0.2, 0.25) is 5.91 Å². The van der Waals surface area contributed by atoms with Gasteiger partial charge in [0.05, 0.1) is 18.1 Å². The number of fused-ring (bicyclic) bond motifs is 1. The Morgan fingerprint density at radius 1 is 1.24 bits per heavy atom. The van der Waals surface area contributed by atoms with E-state index >= 15 is 0 Å². The minimum Gasteiger partial charge on any atom is -0.454 e. The van der Waals surface area contributed by atoms with Crippen molar-refractivity contribution in [1.29, 1.82) is 0 Å². The zero-order chi connectivity index (χ0) is 25.4. The van der Waals surface area contributed by atoms with Crippen molar-refractivity contribution >= 4 is 31.9 Å². The molecule has 184 valence electrons. The van der Waals surface area contributed by atoms with Crippen LogP contribution >= 0.6 is 0 Å². The van der Waals surface area contributed by atoms with Crippen molar-refractivity contribution < 1.29 is 28.3 Å². The van der Waals surface area contributed by atoms with Crippen LogP contribution in [0.1, 0.15) is 50.0 Å². The monoisotopic (exact) mass is 485 g/mol. The van der Waals surface area contributed by atoms with Crippen LogP contribution in [0.25, 0.3) is 0 Å². The van der Waals surface area contributed by atoms with E-state index in [4.69, 9.17) is 9.16 Å². The molecule has 4 atom stereocenters. The first-order chi connectivity index (χ1) is 15.8. The van der Waals surface area contributed by atoms with Crippen LogP contribution in [0.5, 0.6) is 0 Å². The summed E-state index contributed by atoms with van der Waals surface area (Å²) in [5.74, 6) is -4.06. The van der Waals surface area contributed by atoms with Gasteiger partial charge in [0, 0.05) is 11.5 Å². The second-order valence-electron chi connectivity index (χ2n) is 10.7. The number of ether oxygens (including phenoxy) is 1. The van der Waals surface area contributed by atoms with Gasteiger partial charge in [0.25, 0.3) is 0 Å². The van der Waals surface area contributed by atoms with E-state index in [1.54, 1.807) is 12.1 Å². The van der Waals surface area contributed by atoms with Gasteiger partial charge in [0.15, 0.2) is 14.1 Å². The molecule has 1 fully saturated rings. The molecule has 0 bridgehead atoms. The molecule has 0 spiro atoms. The van der Waals surface area contributed by atoms with Crippen LogP contribution in [0.4, 0.5) is 0 Å². The van der Waals surface area contributed by atoms with Crippen LogP contribution in [-0.2, 0) is 30.0 Å². The molecule has 2 amide bonds. The van der Waals surface area contributed by atoms with Crippen LogP contribution in [0, 0.1) is 11.8 Å². The maximum absolute atomic E-state index is 13.5. The molecule has 34 heavy (non-hydrogen) atoms. The van der Waals surface area contributed by atoms with Crippen molar-refractivity contribution in [3.05, 3.63) is 48.0 Å². The van der Waals surface area contributed by atoms with E-state index < -0.39 is 50.1 Å². The highest BCUT2D eigenvalue weighted by molar-refractivity contribution is 6.74. The normalized spacial score (nSPS) is 23.6. The summed E-state index contributed by atoms with van der Waals surface area (Å²) in [6.45, 7) is 15.7. The molecule has 1 aliphatic carbocycles. The molecule has 0 radical (unpaired) electrons. The summed E-state index contributed by atoms with van der Waals surface area (Å²) in [6, 6.07) is 6.64. The Balaban J connectivity index is 1.94. The fourth-order valence-electron chi connectivity index (χ4n) is 4.63. The number of ketones is 1. The summed E-state index contributed by atoms with van der Waals surface area (Å²) >= 11 is 0. The zero-order valence-electron chi connectivity index (χ0n) is 20.9. The number of amides is 2. The third kappa shape index (κ3) is 4.66. The molecule has 1 aromatic carbocycles. The number of nitrogens with zero attached hydrogens (tertiary/aromatic N) is 1. The second-order valence-corrected chi connectivity index (χ2v) is 15.4. The molecular weight excluding hydrogens is 450 g/mol. The lowest BCUT2D eigenvalue weighted by Crippen LogP contribution is -2.71. The van der Waals surface area contributed by atoms with Gasteiger partial charge in [-0.2, -0.15) is 0 Å². The number of imide groups is 1. The molecule has 1 heterocycles. The van der Waals surface area contributed by atoms with Gasteiger partial charge in [-0.1, -0.05) is 57.7 Å². The van der Waals surface area contributed by atoms with Crippen molar-refractivity contribution in [2.75, 3.05) is 6.61 Å². The maximum atomic E-state index is 13.5. The molecule has 0 saturated carbocycles. The number of Topliss-reactive ketones (excluding diaryl/α,β-unsaturated/α-hetero) is 1. The largest absolute Gasteiger partial charge is 0.454 e. The average Bonchev–Trinajstić information content (AvgIpc) is 2.75. The molecule has 3 rings (SSSR count). The summed E-state index contributed by atoms with van der Waals surface area (Å²) in [5, 5.41) is -0.0762. The third-order valence-electron chi connectivity index (χ3n) is 7.46. The summed E-state index contributed by atoms with van der Waals surface area (Å²) in [6.07, 6.45) is 1.99. The van der Waals surface area contributed by atoms with Gasteiger partial charge >= 0.3 is 11.9 Å². The maximum Gasteiger partial charge on any atom is 0.397 e. The number of hydrogen-bond donors (Lipinski definition) is 0. The first-order valence-electron chi connectivity index (χ1n) is 11.8. The summed E-state index contributed by atoms with van der Waals surface area (Å²) in [5.41, 5.74) is 1.57. The van der Waals surface area contributed by atoms with Crippen LogP contribution < -0.4 is 0 Å². The van der Waals surface area contributed by atoms with E-state index in [1.165, 1.54) is 6.08 Å². The zero-order valence-corrected chi connectivity index (χ0v) is 21.9. The Kier molecular flexibility index (Phi) is 7.33. The smallest absolute Gasteiger partial charge is 0.397 e. The van der Waals surface area contributed by atoms with Gasteiger partial charge in [-0.15, -0.1) is 0 Å². The van der Waals surface area contributed by atoms with Crippen molar-refractivity contribution in [3.8, 4) is 0 Å². The number of rotatable bonds is 6. The number of benzene rings is 1. The lowest BCUT2D eigenvalue weighted by atomic mass is 9.69. The van der Waals surface area contributed by atoms with E-state index in [-0.39, 0.29) is 17.4 Å². The summed E-state index contributed by atoms with van der Waals surface area (Å²) < 4.78 is 11.4. The lowest BCUT2D eigenvalue weighted by molar-refractivity contribution is -0.181. The molecule has 8 heteroatoms. The molecule has 1 saturated heterocycles. The molecule has 0 unspecified atom stereocenters. The topological polar surface area (TPSA) is 90.0 Å².